The number of guanidine groups is 1. The molecule has 3 rings (SSSR count). The maximum absolute atomic E-state index is 13.0. The van der Waals surface area contributed by atoms with E-state index in [-0.39, 0.29) is 24.4 Å². The number of rotatable bonds is 8. The summed E-state index contributed by atoms with van der Waals surface area (Å²) in [5.74, 6) is 1.04. The van der Waals surface area contributed by atoms with Gasteiger partial charge in [0.05, 0.1) is 0 Å². The Hall–Kier alpha value is -2.57. The van der Waals surface area contributed by atoms with Crippen LogP contribution in [0.2, 0.25) is 0 Å². The molecule has 1 aromatic carbocycles. The minimum Gasteiger partial charge on any atom is -0.491 e. The fourth-order valence-corrected chi connectivity index (χ4v) is 4.29. The van der Waals surface area contributed by atoms with Crippen molar-refractivity contribution in [1.82, 2.24) is 10.2 Å². The molecule has 0 bridgehead atoms. The molecule has 1 unspecified atom stereocenters. The summed E-state index contributed by atoms with van der Waals surface area (Å²) in [4.78, 5) is 26.2. The molecule has 1 saturated heterocycles. The lowest BCUT2D eigenvalue weighted by Crippen LogP contribution is -2.53. The van der Waals surface area contributed by atoms with Crippen LogP contribution < -0.4 is 15.4 Å². The summed E-state index contributed by atoms with van der Waals surface area (Å²) < 4.78 is 6.03. The molecule has 0 aromatic heterocycles. The number of nitrogens with zero attached hydrogens (tertiary/aromatic N) is 1. The van der Waals surface area contributed by atoms with Crippen LogP contribution in [0.25, 0.3) is 0 Å². The van der Waals surface area contributed by atoms with Crippen molar-refractivity contribution in [2.24, 2.45) is 5.92 Å². The van der Waals surface area contributed by atoms with Gasteiger partial charge in [0.2, 0.25) is 5.91 Å². The minimum absolute atomic E-state index is 0.0267. The molecule has 1 aliphatic carbocycles. The van der Waals surface area contributed by atoms with Gasteiger partial charge in [-0.25, -0.2) is 0 Å². The highest BCUT2D eigenvalue weighted by Crippen LogP contribution is 2.34. The van der Waals surface area contributed by atoms with Gasteiger partial charge < -0.3 is 15.4 Å². The molecule has 1 atom stereocenters. The summed E-state index contributed by atoms with van der Waals surface area (Å²) in [5, 5.41) is 14.1. The van der Waals surface area contributed by atoms with Gasteiger partial charge >= 0.3 is 0 Å². The average molecular weight is 401 g/mol. The van der Waals surface area contributed by atoms with E-state index >= 15 is 0 Å². The van der Waals surface area contributed by atoms with Crippen LogP contribution in [0.1, 0.15) is 58.3 Å². The second kappa shape index (κ2) is 9.29. The predicted molar refractivity (Wildman–Crippen MR) is 113 cm³/mol. The number of likely N-dealkylation sites (N-methyl/N-ethyl adjacent to an activating group) is 1. The summed E-state index contributed by atoms with van der Waals surface area (Å²) >= 11 is 0. The number of carbonyl (C=O) groups is 2. The average Bonchev–Trinajstić information content (AvgIpc) is 2.92. The quantitative estimate of drug-likeness (QED) is 0.622. The van der Waals surface area contributed by atoms with E-state index in [1.54, 1.807) is 13.1 Å². The first-order chi connectivity index (χ1) is 13.9. The fourth-order valence-electron chi connectivity index (χ4n) is 4.29. The molecule has 29 heavy (non-hydrogen) atoms. The van der Waals surface area contributed by atoms with Gasteiger partial charge in [0.15, 0.2) is 11.5 Å². The maximum Gasteiger partial charge on any atom is 0.258 e. The molecule has 158 valence electrons. The largest absolute Gasteiger partial charge is 0.491 e. The standard InChI is InChI=1S/C22H32N4O3/c1-3-8-19(27)24-17-11-7-12-18(13-17)29-15-22(14-16-9-5-4-6-10-16)20(28)26(2)21(23)25-22/h7,11-13,16H,3-6,8-10,14-15H2,1-2H3,(H2,23,25)(H,24,27). The molecular weight excluding hydrogens is 368 g/mol. The Balaban J connectivity index is 1.71. The lowest BCUT2D eigenvalue weighted by molar-refractivity contribution is -0.132. The van der Waals surface area contributed by atoms with Crippen molar-refractivity contribution in [3.05, 3.63) is 24.3 Å². The Labute approximate surface area is 172 Å². The van der Waals surface area contributed by atoms with Crippen LogP contribution in [0, 0.1) is 11.3 Å². The smallest absolute Gasteiger partial charge is 0.258 e. The molecule has 0 spiro atoms. The van der Waals surface area contributed by atoms with Crippen molar-refractivity contribution >= 4 is 23.5 Å². The first-order valence-electron chi connectivity index (χ1n) is 10.6. The summed E-state index contributed by atoms with van der Waals surface area (Å²) in [6.45, 7) is 2.12. The van der Waals surface area contributed by atoms with Gasteiger partial charge in [0, 0.05) is 25.2 Å². The molecule has 1 heterocycles. The highest BCUT2D eigenvalue weighted by molar-refractivity contribution is 6.07. The molecule has 1 aromatic rings. The molecule has 2 amide bonds. The molecule has 2 aliphatic rings. The zero-order chi connectivity index (χ0) is 20.9. The van der Waals surface area contributed by atoms with Crippen molar-refractivity contribution in [2.75, 3.05) is 19.0 Å². The van der Waals surface area contributed by atoms with Gasteiger partial charge in [0.1, 0.15) is 12.4 Å². The van der Waals surface area contributed by atoms with E-state index in [1.807, 2.05) is 25.1 Å². The lowest BCUT2D eigenvalue weighted by Gasteiger charge is -2.32. The number of amides is 2. The van der Waals surface area contributed by atoms with Crippen molar-refractivity contribution in [2.45, 2.75) is 63.8 Å². The monoisotopic (exact) mass is 400 g/mol. The number of carbonyl (C=O) groups excluding carboxylic acids is 2. The number of hydrogen-bond acceptors (Lipinski definition) is 4. The van der Waals surface area contributed by atoms with Gasteiger partial charge in [-0.05, 0) is 30.9 Å². The van der Waals surface area contributed by atoms with Crippen molar-refractivity contribution < 1.29 is 14.3 Å². The Morgan fingerprint density at radius 2 is 2.10 bits per heavy atom. The van der Waals surface area contributed by atoms with Crippen molar-refractivity contribution in [1.29, 1.82) is 5.41 Å². The molecular formula is C22H32N4O3. The first kappa shape index (κ1) is 21.1. The van der Waals surface area contributed by atoms with E-state index in [4.69, 9.17) is 10.1 Å². The molecule has 7 nitrogen and oxygen atoms in total. The Morgan fingerprint density at radius 1 is 1.34 bits per heavy atom. The number of anilines is 1. The highest BCUT2D eigenvalue weighted by atomic mass is 16.5. The van der Waals surface area contributed by atoms with E-state index < -0.39 is 5.54 Å². The molecule has 7 heteroatoms. The summed E-state index contributed by atoms with van der Waals surface area (Å²) in [6, 6.07) is 7.23. The highest BCUT2D eigenvalue weighted by Gasteiger charge is 2.50. The minimum atomic E-state index is -0.907. The van der Waals surface area contributed by atoms with E-state index in [9.17, 15) is 9.59 Å². The van der Waals surface area contributed by atoms with Crippen LogP contribution in [-0.2, 0) is 9.59 Å². The number of ether oxygens (including phenoxy) is 1. The molecule has 3 N–H and O–H groups in total. The third-order valence-electron chi connectivity index (χ3n) is 5.85. The van der Waals surface area contributed by atoms with E-state index in [1.165, 1.54) is 24.2 Å². The summed E-state index contributed by atoms with van der Waals surface area (Å²) in [6.07, 6.45) is 7.82. The van der Waals surface area contributed by atoms with E-state index in [2.05, 4.69) is 10.6 Å². The number of hydrogen-bond donors (Lipinski definition) is 3. The van der Waals surface area contributed by atoms with Crippen molar-refractivity contribution in [3.8, 4) is 5.75 Å². The number of nitrogens with one attached hydrogen (secondary N) is 3. The maximum atomic E-state index is 13.0. The van der Waals surface area contributed by atoms with Crippen molar-refractivity contribution in [3.63, 3.8) is 0 Å². The lowest BCUT2D eigenvalue weighted by atomic mass is 9.79. The zero-order valence-electron chi connectivity index (χ0n) is 17.4. The van der Waals surface area contributed by atoms with Crippen LogP contribution >= 0.6 is 0 Å². The normalized spacial score (nSPS) is 22.5. The van der Waals surface area contributed by atoms with E-state index in [0.717, 1.165) is 19.3 Å². The number of benzene rings is 1. The predicted octanol–water partition coefficient (Wildman–Crippen LogP) is 3.51. The van der Waals surface area contributed by atoms with Crippen LogP contribution in [0.5, 0.6) is 5.75 Å². The third kappa shape index (κ3) is 5.08. The van der Waals surface area contributed by atoms with Gasteiger partial charge in [-0.1, -0.05) is 45.1 Å². The molecule has 1 saturated carbocycles. The van der Waals surface area contributed by atoms with Gasteiger partial charge in [-0.15, -0.1) is 0 Å². The SMILES string of the molecule is CCCC(=O)Nc1cccc(OCC2(CC3CCCCC3)NC(=N)N(C)C2=O)c1. The van der Waals surface area contributed by atoms with Gasteiger partial charge in [-0.2, -0.15) is 0 Å². The first-order valence-corrected chi connectivity index (χ1v) is 10.6. The Bertz CT molecular complexity index is 760. The second-order valence-electron chi connectivity index (χ2n) is 8.24. The molecule has 1 aliphatic heterocycles. The van der Waals surface area contributed by atoms with Gasteiger partial charge in [-0.3, -0.25) is 19.9 Å². The molecule has 0 radical (unpaired) electrons. The third-order valence-corrected chi connectivity index (χ3v) is 5.85. The Kier molecular flexibility index (Phi) is 6.77. The van der Waals surface area contributed by atoms with Gasteiger partial charge in [0.25, 0.3) is 5.91 Å². The topological polar surface area (TPSA) is 94.5 Å². The Morgan fingerprint density at radius 3 is 2.76 bits per heavy atom. The molecule has 2 fully saturated rings. The van der Waals surface area contributed by atoms with Crippen LogP contribution in [-0.4, -0.2) is 41.9 Å². The zero-order valence-corrected chi connectivity index (χ0v) is 17.4. The summed E-state index contributed by atoms with van der Waals surface area (Å²) in [7, 11) is 1.63. The summed E-state index contributed by atoms with van der Waals surface area (Å²) in [5.41, 5.74) is -0.229. The van der Waals surface area contributed by atoms with Crippen LogP contribution in [0.3, 0.4) is 0 Å². The van der Waals surface area contributed by atoms with Crippen LogP contribution in [0.15, 0.2) is 24.3 Å². The second-order valence-corrected chi connectivity index (χ2v) is 8.24. The van der Waals surface area contributed by atoms with E-state index in [0.29, 0.717) is 30.2 Å². The van der Waals surface area contributed by atoms with Crippen LogP contribution in [0.4, 0.5) is 5.69 Å². The fraction of sp³-hybridized carbons (Fsp3) is 0.591.